The molecular weight excluding hydrogens is 335 g/mol. The topological polar surface area (TPSA) is 17.1 Å². The van der Waals surface area contributed by atoms with E-state index in [4.69, 9.17) is 0 Å². The van der Waals surface area contributed by atoms with Crippen LogP contribution in [0, 0.1) is 0 Å². The molecule has 0 fully saturated rings. The summed E-state index contributed by atoms with van der Waals surface area (Å²) in [5.41, 5.74) is 2.50. The molecule has 2 rings (SSSR count). The SMILES string of the molecule is C=CCC(C(=O)/C=C(\[Se]C)C1=CCCCC1)c1ccccc1. The van der Waals surface area contributed by atoms with Crippen LogP contribution in [0.4, 0.5) is 0 Å². The summed E-state index contributed by atoms with van der Waals surface area (Å²) < 4.78 is 1.28. The first kappa shape index (κ1) is 17.0. The summed E-state index contributed by atoms with van der Waals surface area (Å²) >= 11 is 0.355. The molecule has 0 spiro atoms. The number of hydrogen-bond donors (Lipinski definition) is 0. The molecular formula is C20H24OSe. The first-order valence-electron chi connectivity index (χ1n) is 7.91. The zero-order valence-electron chi connectivity index (χ0n) is 13.3. The van der Waals surface area contributed by atoms with E-state index in [1.165, 1.54) is 22.9 Å². The van der Waals surface area contributed by atoms with Crippen LogP contribution in [0.5, 0.6) is 0 Å². The summed E-state index contributed by atoms with van der Waals surface area (Å²) in [6.07, 6.45) is 11.6. The molecule has 0 saturated carbocycles. The van der Waals surface area contributed by atoms with E-state index >= 15 is 0 Å². The summed E-state index contributed by atoms with van der Waals surface area (Å²) in [4.78, 5) is 12.8. The molecule has 0 amide bonds. The number of ketones is 1. The molecule has 1 aromatic carbocycles. The third-order valence-corrected chi connectivity index (χ3v) is 5.77. The second-order valence-electron chi connectivity index (χ2n) is 5.58. The maximum absolute atomic E-state index is 12.8. The normalized spacial score (nSPS) is 16.8. The molecule has 1 aliphatic rings. The van der Waals surface area contributed by atoms with Gasteiger partial charge in [-0.25, -0.2) is 0 Å². The van der Waals surface area contributed by atoms with E-state index in [1.54, 1.807) is 0 Å². The first-order valence-corrected chi connectivity index (χ1v) is 10.5. The Morgan fingerprint density at radius 2 is 2.09 bits per heavy atom. The fourth-order valence-electron chi connectivity index (χ4n) is 2.84. The number of hydrogen-bond acceptors (Lipinski definition) is 1. The molecule has 0 heterocycles. The molecule has 0 N–H and O–H groups in total. The predicted molar refractivity (Wildman–Crippen MR) is 95.3 cm³/mol. The van der Waals surface area contributed by atoms with Crippen molar-refractivity contribution in [3.8, 4) is 0 Å². The van der Waals surface area contributed by atoms with E-state index < -0.39 is 0 Å². The Balaban J connectivity index is 2.24. The molecule has 0 saturated heterocycles. The monoisotopic (exact) mass is 360 g/mol. The standard InChI is InChI=1S/C20H24OSe/c1-3-10-18(16-11-6-4-7-12-16)19(21)15-20(22-2)17-13-8-5-9-14-17/h3-4,6-7,11-13,15,18H,1,5,8-10,14H2,2H3/b20-15-. The van der Waals surface area contributed by atoms with Crippen molar-refractivity contribution in [2.45, 2.75) is 43.8 Å². The Hall–Kier alpha value is -1.37. The van der Waals surface area contributed by atoms with E-state index in [9.17, 15) is 4.79 Å². The van der Waals surface area contributed by atoms with Crippen molar-refractivity contribution in [2.24, 2.45) is 0 Å². The van der Waals surface area contributed by atoms with Gasteiger partial charge in [0.2, 0.25) is 0 Å². The Bertz CT molecular complexity index is 569. The van der Waals surface area contributed by atoms with Gasteiger partial charge in [0.25, 0.3) is 0 Å². The van der Waals surface area contributed by atoms with E-state index in [1.807, 2.05) is 42.5 Å². The van der Waals surface area contributed by atoms with Gasteiger partial charge in [-0.15, -0.1) is 0 Å². The fourth-order valence-corrected chi connectivity index (χ4v) is 4.27. The van der Waals surface area contributed by atoms with Crippen molar-refractivity contribution < 1.29 is 4.79 Å². The van der Waals surface area contributed by atoms with Gasteiger partial charge in [-0.1, -0.05) is 0 Å². The van der Waals surface area contributed by atoms with E-state index in [0.29, 0.717) is 21.4 Å². The third-order valence-electron chi connectivity index (χ3n) is 4.05. The van der Waals surface area contributed by atoms with Gasteiger partial charge < -0.3 is 0 Å². The number of rotatable bonds is 7. The number of carbonyl (C=O) groups excluding carboxylic acids is 1. The van der Waals surface area contributed by atoms with Crippen LogP contribution in [0.3, 0.4) is 0 Å². The Kier molecular flexibility index (Phi) is 6.89. The fraction of sp³-hybridized carbons (Fsp3) is 0.350. The Labute approximate surface area is 140 Å². The van der Waals surface area contributed by atoms with Gasteiger partial charge in [0.1, 0.15) is 0 Å². The van der Waals surface area contributed by atoms with Gasteiger partial charge in [0.15, 0.2) is 0 Å². The van der Waals surface area contributed by atoms with Crippen molar-refractivity contribution in [1.82, 2.24) is 0 Å². The number of allylic oxidation sites excluding steroid dienone is 5. The maximum atomic E-state index is 12.8. The van der Waals surface area contributed by atoms with Crippen molar-refractivity contribution >= 4 is 20.7 Å². The second-order valence-corrected chi connectivity index (χ2v) is 7.36. The second kappa shape index (κ2) is 8.92. The quantitative estimate of drug-likeness (QED) is 0.378. The molecule has 0 radical (unpaired) electrons. The van der Waals surface area contributed by atoms with Crippen LogP contribution in [0.25, 0.3) is 0 Å². The van der Waals surface area contributed by atoms with Gasteiger partial charge in [0, 0.05) is 0 Å². The van der Waals surface area contributed by atoms with Crippen LogP contribution in [0.1, 0.15) is 43.6 Å². The van der Waals surface area contributed by atoms with Gasteiger partial charge in [0.05, 0.1) is 0 Å². The van der Waals surface area contributed by atoms with Crippen molar-refractivity contribution in [3.05, 3.63) is 70.7 Å². The van der Waals surface area contributed by atoms with Crippen LogP contribution >= 0.6 is 0 Å². The average Bonchev–Trinajstić information content (AvgIpc) is 2.59. The number of benzene rings is 1. The molecule has 0 bridgehead atoms. The average molecular weight is 359 g/mol. The Morgan fingerprint density at radius 3 is 2.68 bits per heavy atom. The molecule has 0 aromatic heterocycles. The van der Waals surface area contributed by atoms with Gasteiger partial charge in [-0.2, -0.15) is 0 Å². The van der Waals surface area contributed by atoms with Crippen molar-refractivity contribution in [2.75, 3.05) is 0 Å². The van der Waals surface area contributed by atoms with Crippen LogP contribution in [0.2, 0.25) is 5.82 Å². The predicted octanol–water partition coefficient (Wildman–Crippen LogP) is 5.05. The van der Waals surface area contributed by atoms with Gasteiger partial charge in [-0.3, -0.25) is 0 Å². The summed E-state index contributed by atoms with van der Waals surface area (Å²) in [6.45, 7) is 3.82. The molecule has 22 heavy (non-hydrogen) atoms. The molecule has 1 aromatic rings. The molecule has 1 aliphatic carbocycles. The zero-order valence-corrected chi connectivity index (χ0v) is 15.0. The summed E-state index contributed by atoms with van der Waals surface area (Å²) in [7, 11) is 0. The van der Waals surface area contributed by atoms with Crippen molar-refractivity contribution in [3.63, 3.8) is 0 Å². The zero-order chi connectivity index (χ0) is 15.8. The van der Waals surface area contributed by atoms with Crippen LogP contribution in [-0.4, -0.2) is 20.7 Å². The van der Waals surface area contributed by atoms with Crippen molar-refractivity contribution in [1.29, 1.82) is 0 Å². The van der Waals surface area contributed by atoms with E-state index in [0.717, 1.165) is 18.4 Å². The van der Waals surface area contributed by atoms with E-state index in [-0.39, 0.29) is 11.7 Å². The molecule has 2 heteroatoms. The summed E-state index contributed by atoms with van der Waals surface area (Å²) in [5, 5.41) is 0. The van der Waals surface area contributed by atoms with Crippen LogP contribution in [0.15, 0.2) is 65.2 Å². The molecule has 1 atom stereocenters. The summed E-state index contributed by atoms with van der Waals surface area (Å²) in [6, 6.07) is 10.1. The third kappa shape index (κ3) is 4.56. The number of carbonyl (C=O) groups is 1. The first-order chi connectivity index (χ1) is 10.8. The van der Waals surface area contributed by atoms with Crippen LogP contribution < -0.4 is 0 Å². The Morgan fingerprint density at radius 1 is 1.32 bits per heavy atom. The molecule has 1 nitrogen and oxygen atoms in total. The molecule has 1 unspecified atom stereocenters. The summed E-state index contributed by atoms with van der Waals surface area (Å²) in [5.74, 6) is 2.32. The van der Waals surface area contributed by atoms with Gasteiger partial charge >= 0.3 is 140 Å². The molecule has 0 aliphatic heterocycles. The van der Waals surface area contributed by atoms with Crippen LogP contribution in [-0.2, 0) is 4.79 Å². The van der Waals surface area contributed by atoms with Gasteiger partial charge in [-0.05, 0) is 0 Å². The minimum absolute atomic E-state index is 0.0970. The van der Waals surface area contributed by atoms with E-state index in [2.05, 4.69) is 18.5 Å². The molecule has 116 valence electrons. The minimum atomic E-state index is -0.0970.